The fourth-order valence-electron chi connectivity index (χ4n) is 4.05. The van der Waals surface area contributed by atoms with Crippen molar-refractivity contribution in [1.82, 2.24) is 10.2 Å². The van der Waals surface area contributed by atoms with Gasteiger partial charge in [0.25, 0.3) is 0 Å². The predicted molar refractivity (Wildman–Crippen MR) is 123 cm³/mol. The topological polar surface area (TPSA) is 53.9 Å². The fourth-order valence-corrected chi connectivity index (χ4v) is 4.31. The summed E-state index contributed by atoms with van der Waals surface area (Å²) < 4.78 is 6.00. The summed E-state index contributed by atoms with van der Waals surface area (Å²) in [6.45, 7) is 2.58. The number of carbonyl (C=O) groups is 1. The Morgan fingerprint density at radius 2 is 1.93 bits per heavy atom. The second kappa shape index (κ2) is 10.1. The molecule has 27 heavy (non-hydrogen) atoms. The SMILES string of the molecule is CN=C(NCC1(c2ccc(Br)cc2)CCC1)N1CCC(C(=O)OC)CC1.I. The maximum Gasteiger partial charge on any atom is 0.308 e. The first kappa shape index (κ1) is 22.5. The van der Waals surface area contributed by atoms with Crippen molar-refractivity contribution in [3.05, 3.63) is 34.3 Å². The van der Waals surface area contributed by atoms with Crippen LogP contribution in [0.4, 0.5) is 0 Å². The number of hydrogen-bond acceptors (Lipinski definition) is 3. The summed E-state index contributed by atoms with van der Waals surface area (Å²) >= 11 is 3.52. The Balaban J connectivity index is 0.00000261. The van der Waals surface area contributed by atoms with Gasteiger partial charge in [-0.3, -0.25) is 9.79 Å². The lowest BCUT2D eigenvalue weighted by Gasteiger charge is -2.44. The molecule has 0 unspecified atom stereocenters. The van der Waals surface area contributed by atoms with Crippen molar-refractivity contribution in [3.8, 4) is 0 Å². The van der Waals surface area contributed by atoms with Crippen molar-refractivity contribution in [2.75, 3.05) is 33.8 Å². The summed E-state index contributed by atoms with van der Waals surface area (Å²) in [5.74, 6) is 0.878. The van der Waals surface area contributed by atoms with Gasteiger partial charge in [-0.1, -0.05) is 34.5 Å². The molecule has 1 aliphatic carbocycles. The van der Waals surface area contributed by atoms with Crippen LogP contribution >= 0.6 is 39.9 Å². The molecule has 7 heteroatoms. The van der Waals surface area contributed by atoms with E-state index in [1.165, 1.54) is 31.9 Å². The summed E-state index contributed by atoms with van der Waals surface area (Å²) in [6.07, 6.45) is 5.35. The van der Waals surface area contributed by atoms with Crippen molar-refractivity contribution in [1.29, 1.82) is 0 Å². The van der Waals surface area contributed by atoms with Crippen molar-refractivity contribution >= 4 is 51.8 Å². The van der Waals surface area contributed by atoms with Gasteiger partial charge in [0.1, 0.15) is 0 Å². The third kappa shape index (κ3) is 5.16. The normalized spacial score (nSPS) is 19.7. The Hall–Kier alpha value is -0.830. The van der Waals surface area contributed by atoms with Gasteiger partial charge in [0.05, 0.1) is 13.0 Å². The number of piperidine rings is 1. The smallest absolute Gasteiger partial charge is 0.308 e. The summed E-state index contributed by atoms with van der Waals surface area (Å²) in [6, 6.07) is 8.72. The molecule has 0 spiro atoms. The molecule has 1 aliphatic heterocycles. The summed E-state index contributed by atoms with van der Waals surface area (Å²) in [7, 11) is 3.30. The highest BCUT2D eigenvalue weighted by atomic mass is 127. The zero-order valence-corrected chi connectivity index (χ0v) is 20.0. The highest BCUT2D eigenvalue weighted by Gasteiger charge is 2.39. The van der Waals surface area contributed by atoms with Gasteiger partial charge in [-0.25, -0.2) is 0 Å². The number of ether oxygens (including phenoxy) is 1. The molecule has 0 aromatic heterocycles. The Labute approximate surface area is 187 Å². The third-order valence-corrected chi connectivity index (χ3v) is 6.42. The van der Waals surface area contributed by atoms with E-state index in [0.29, 0.717) is 0 Å². The number of benzene rings is 1. The average Bonchev–Trinajstić information content (AvgIpc) is 2.65. The molecular formula is C20H29BrIN3O2. The fraction of sp³-hybridized carbons (Fsp3) is 0.600. The Kier molecular flexibility index (Phi) is 8.39. The van der Waals surface area contributed by atoms with Crippen LogP contribution in [0.15, 0.2) is 33.7 Å². The Morgan fingerprint density at radius 3 is 2.41 bits per heavy atom. The van der Waals surface area contributed by atoms with Crippen LogP contribution in [0.5, 0.6) is 0 Å². The molecule has 2 fully saturated rings. The zero-order valence-electron chi connectivity index (χ0n) is 16.0. The van der Waals surface area contributed by atoms with Crippen LogP contribution in [0, 0.1) is 5.92 Å². The van der Waals surface area contributed by atoms with Gasteiger partial charge in [0.15, 0.2) is 5.96 Å². The first-order chi connectivity index (χ1) is 12.6. The van der Waals surface area contributed by atoms with Crippen molar-refractivity contribution < 1.29 is 9.53 Å². The maximum atomic E-state index is 11.7. The first-order valence-electron chi connectivity index (χ1n) is 9.37. The number of esters is 1. The van der Waals surface area contributed by atoms with E-state index in [2.05, 4.69) is 55.4 Å². The van der Waals surface area contributed by atoms with Crippen LogP contribution in [-0.4, -0.2) is 50.6 Å². The molecular weight excluding hydrogens is 521 g/mol. The van der Waals surface area contributed by atoms with E-state index in [1.54, 1.807) is 0 Å². The van der Waals surface area contributed by atoms with Gasteiger partial charge in [-0.05, 0) is 43.4 Å². The van der Waals surface area contributed by atoms with Crippen LogP contribution in [-0.2, 0) is 14.9 Å². The molecule has 1 N–H and O–H groups in total. The molecule has 3 rings (SSSR count). The molecule has 0 bridgehead atoms. The van der Waals surface area contributed by atoms with Crippen LogP contribution < -0.4 is 5.32 Å². The number of likely N-dealkylation sites (tertiary alicyclic amines) is 1. The van der Waals surface area contributed by atoms with E-state index >= 15 is 0 Å². The molecule has 2 aliphatic rings. The van der Waals surface area contributed by atoms with Gasteiger partial charge in [-0.15, -0.1) is 24.0 Å². The summed E-state index contributed by atoms with van der Waals surface area (Å²) in [4.78, 5) is 18.4. The minimum atomic E-state index is -0.0868. The standard InChI is InChI=1S/C20H28BrN3O2.HI/c1-22-19(24-12-8-15(9-13-24)18(25)26-2)23-14-20(10-3-11-20)16-4-6-17(21)7-5-16;/h4-7,15H,3,8-14H2,1-2H3,(H,22,23);1H. The van der Waals surface area contributed by atoms with Gasteiger partial charge in [0.2, 0.25) is 0 Å². The molecule has 1 saturated heterocycles. The van der Waals surface area contributed by atoms with Crippen molar-refractivity contribution in [2.45, 2.75) is 37.5 Å². The lowest BCUT2D eigenvalue weighted by atomic mass is 9.64. The van der Waals surface area contributed by atoms with E-state index in [0.717, 1.165) is 42.9 Å². The number of guanidine groups is 1. The molecule has 5 nitrogen and oxygen atoms in total. The number of rotatable bonds is 4. The minimum Gasteiger partial charge on any atom is -0.469 e. The summed E-state index contributed by atoms with van der Waals surface area (Å²) in [5, 5.41) is 3.60. The molecule has 1 heterocycles. The Morgan fingerprint density at radius 1 is 1.30 bits per heavy atom. The van der Waals surface area contributed by atoms with E-state index in [-0.39, 0.29) is 41.3 Å². The molecule has 0 atom stereocenters. The molecule has 0 amide bonds. The van der Waals surface area contributed by atoms with Crippen molar-refractivity contribution in [2.24, 2.45) is 10.9 Å². The number of nitrogens with one attached hydrogen (secondary N) is 1. The maximum absolute atomic E-state index is 11.7. The number of aliphatic imine (C=N–C) groups is 1. The molecule has 1 aromatic rings. The van der Waals surface area contributed by atoms with Gasteiger partial charge >= 0.3 is 5.97 Å². The molecule has 1 aromatic carbocycles. The highest BCUT2D eigenvalue weighted by molar-refractivity contribution is 14.0. The minimum absolute atomic E-state index is 0. The second-order valence-corrected chi connectivity index (χ2v) is 8.24. The molecule has 150 valence electrons. The first-order valence-corrected chi connectivity index (χ1v) is 10.2. The zero-order chi connectivity index (χ0) is 18.6. The van der Waals surface area contributed by atoms with Gasteiger partial charge in [0, 0.05) is 36.6 Å². The monoisotopic (exact) mass is 549 g/mol. The highest BCUT2D eigenvalue weighted by Crippen LogP contribution is 2.43. The van der Waals surface area contributed by atoms with Gasteiger partial charge in [-0.2, -0.15) is 0 Å². The van der Waals surface area contributed by atoms with Crippen LogP contribution in [0.2, 0.25) is 0 Å². The number of halogens is 2. The van der Waals surface area contributed by atoms with Crippen LogP contribution in [0.1, 0.15) is 37.7 Å². The van der Waals surface area contributed by atoms with Crippen LogP contribution in [0.3, 0.4) is 0 Å². The largest absolute Gasteiger partial charge is 0.469 e. The average molecular weight is 550 g/mol. The number of nitrogens with zero attached hydrogens (tertiary/aromatic N) is 2. The molecule has 1 saturated carbocycles. The van der Waals surface area contributed by atoms with Crippen LogP contribution in [0.25, 0.3) is 0 Å². The summed E-state index contributed by atoms with van der Waals surface area (Å²) in [5.41, 5.74) is 1.61. The van der Waals surface area contributed by atoms with E-state index < -0.39 is 0 Å². The van der Waals surface area contributed by atoms with Gasteiger partial charge < -0.3 is 15.0 Å². The Bertz CT molecular complexity index is 654. The number of carbonyl (C=O) groups excluding carboxylic acids is 1. The third-order valence-electron chi connectivity index (χ3n) is 5.89. The predicted octanol–water partition coefficient (Wildman–Crippen LogP) is 3.95. The quantitative estimate of drug-likeness (QED) is 0.267. The number of hydrogen-bond donors (Lipinski definition) is 1. The van der Waals surface area contributed by atoms with E-state index in [1.807, 2.05) is 7.05 Å². The lowest BCUT2D eigenvalue weighted by molar-refractivity contribution is -0.146. The van der Waals surface area contributed by atoms with E-state index in [9.17, 15) is 4.79 Å². The number of methoxy groups -OCH3 is 1. The van der Waals surface area contributed by atoms with E-state index in [4.69, 9.17) is 4.74 Å². The second-order valence-electron chi connectivity index (χ2n) is 7.33. The van der Waals surface area contributed by atoms with Crippen molar-refractivity contribution in [3.63, 3.8) is 0 Å². The molecule has 0 radical (unpaired) electrons. The lowest BCUT2D eigenvalue weighted by Crippen LogP contribution is -2.52.